The Bertz CT molecular complexity index is 431. The quantitative estimate of drug-likeness (QED) is 0.499. The fourth-order valence-corrected chi connectivity index (χ4v) is 2.24. The first-order chi connectivity index (χ1) is 8.35. The van der Waals surface area contributed by atoms with Gasteiger partial charge in [-0.15, -0.1) is 6.58 Å². The highest BCUT2D eigenvalue weighted by molar-refractivity contribution is 6.04. The van der Waals surface area contributed by atoms with Gasteiger partial charge in [-0.2, -0.15) is 0 Å². The van der Waals surface area contributed by atoms with Gasteiger partial charge >= 0.3 is 0 Å². The molecule has 1 aliphatic rings. The van der Waals surface area contributed by atoms with E-state index in [0.29, 0.717) is 5.92 Å². The third-order valence-electron chi connectivity index (χ3n) is 3.15. The van der Waals surface area contributed by atoms with Crippen molar-refractivity contribution < 1.29 is 0 Å². The largest absolute Gasteiger partial charge is 0.292 e. The van der Waals surface area contributed by atoms with Crippen molar-refractivity contribution in [2.45, 2.75) is 34.1 Å². The summed E-state index contributed by atoms with van der Waals surface area (Å²) >= 11 is 0. The van der Waals surface area contributed by atoms with Gasteiger partial charge in [0.25, 0.3) is 0 Å². The van der Waals surface area contributed by atoms with Crippen molar-refractivity contribution in [3.05, 3.63) is 48.1 Å². The molecule has 0 aromatic heterocycles. The van der Waals surface area contributed by atoms with Gasteiger partial charge < -0.3 is 0 Å². The molecule has 0 heterocycles. The van der Waals surface area contributed by atoms with Crippen LogP contribution in [-0.4, -0.2) is 12.8 Å². The summed E-state index contributed by atoms with van der Waals surface area (Å²) in [5.41, 5.74) is 3.71. The Morgan fingerprint density at radius 2 is 2.06 bits per heavy atom. The van der Waals surface area contributed by atoms with Crippen molar-refractivity contribution in [1.82, 2.24) is 0 Å². The van der Waals surface area contributed by atoms with Gasteiger partial charge in [0.1, 0.15) is 0 Å². The maximum atomic E-state index is 4.48. The molecule has 1 aliphatic carbocycles. The fourth-order valence-electron chi connectivity index (χ4n) is 2.24. The van der Waals surface area contributed by atoms with Crippen LogP contribution in [0.4, 0.5) is 0 Å². The normalized spacial score (nSPS) is 20.3. The molecule has 1 heteroatoms. The molecule has 18 heavy (non-hydrogen) atoms. The molecule has 0 saturated heterocycles. The van der Waals surface area contributed by atoms with E-state index >= 15 is 0 Å². The molecular formula is C17H25N. The molecular weight excluding hydrogens is 218 g/mol. The monoisotopic (exact) mass is 243 g/mol. The van der Waals surface area contributed by atoms with Crippen LogP contribution in [0.5, 0.6) is 0 Å². The van der Waals surface area contributed by atoms with Crippen molar-refractivity contribution in [1.29, 1.82) is 0 Å². The molecule has 0 bridgehead atoms. The van der Waals surface area contributed by atoms with Gasteiger partial charge in [0.05, 0.1) is 0 Å². The molecule has 98 valence electrons. The predicted molar refractivity (Wildman–Crippen MR) is 82.1 cm³/mol. The van der Waals surface area contributed by atoms with Crippen LogP contribution in [0.15, 0.2) is 53.1 Å². The molecule has 0 fully saturated rings. The molecule has 0 N–H and O–H groups in total. The summed E-state index contributed by atoms with van der Waals surface area (Å²) in [6.07, 6.45) is 11.9. The van der Waals surface area contributed by atoms with Gasteiger partial charge in [-0.3, -0.25) is 4.99 Å². The summed E-state index contributed by atoms with van der Waals surface area (Å²) in [6.45, 7) is 12.7. The summed E-state index contributed by atoms with van der Waals surface area (Å²) in [5.74, 6) is 0.415. The summed E-state index contributed by atoms with van der Waals surface area (Å²) in [7, 11) is 1.87. The number of nitrogens with zero attached hydrogens (tertiary/aromatic N) is 1. The lowest BCUT2D eigenvalue weighted by molar-refractivity contribution is 0.627. The maximum absolute atomic E-state index is 4.48. The van der Waals surface area contributed by atoms with Gasteiger partial charge in [0.2, 0.25) is 0 Å². The zero-order valence-electron chi connectivity index (χ0n) is 12.3. The first-order valence-corrected chi connectivity index (χ1v) is 6.56. The van der Waals surface area contributed by atoms with E-state index < -0.39 is 0 Å². The number of hydrogen-bond donors (Lipinski definition) is 0. The molecule has 1 nitrogen and oxygen atoms in total. The van der Waals surface area contributed by atoms with Crippen molar-refractivity contribution in [3.63, 3.8) is 0 Å². The second-order valence-electron chi connectivity index (χ2n) is 5.81. The molecule has 0 spiro atoms. The smallest absolute Gasteiger partial charge is 0.0448 e. The summed E-state index contributed by atoms with van der Waals surface area (Å²) in [5, 5.41) is 0. The van der Waals surface area contributed by atoms with Crippen molar-refractivity contribution in [3.8, 4) is 0 Å². The molecule has 0 radical (unpaired) electrons. The molecule has 1 atom stereocenters. The second-order valence-corrected chi connectivity index (χ2v) is 5.81. The summed E-state index contributed by atoms with van der Waals surface area (Å²) < 4.78 is 0. The van der Waals surface area contributed by atoms with E-state index in [-0.39, 0.29) is 5.41 Å². The Morgan fingerprint density at radius 1 is 1.39 bits per heavy atom. The van der Waals surface area contributed by atoms with Crippen molar-refractivity contribution in [2.75, 3.05) is 7.05 Å². The molecule has 1 unspecified atom stereocenters. The highest BCUT2D eigenvalue weighted by Gasteiger charge is 2.16. The van der Waals surface area contributed by atoms with Gasteiger partial charge in [-0.1, -0.05) is 56.7 Å². The van der Waals surface area contributed by atoms with Crippen LogP contribution in [0.2, 0.25) is 0 Å². The third kappa shape index (κ3) is 4.14. The highest BCUT2D eigenvalue weighted by atomic mass is 14.7. The lowest BCUT2D eigenvalue weighted by Gasteiger charge is -2.16. The number of hydrogen-bond acceptors (Lipinski definition) is 1. The zero-order valence-corrected chi connectivity index (χ0v) is 12.3. The van der Waals surface area contributed by atoms with Crippen molar-refractivity contribution >= 4 is 5.71 Å². The first-order valence-electron chi connectivity index (χ1n) is 6.56. The number of rotatable bonds is 4. The predicted octanol–water partition coefficient (Wildman–Crippen LogP) is 4.74. The fraction of sp³-hybridized carbons (Fsp3) is 0.471. The Hall–Kier alpha value is -1.37. The average molecular weight is 243 g/mol. The van der Waals surface area contributed by atoms with Crippen LogP contribution in [0.3, 0.4) is 0 Å². The number of allylic oxidation sites excluding steroid dienone is 7. The maximum Gasteiger partial charge on any atom is 0.0448 e. The first kappa shape index (κ1) is 14.7. The van der Waals surface area contributed by atoms with E-state index in [9.17, 15) is 0 Å². The molecule has 0 aromatic carbocycles. The lowest BCUT2D eigenvalue weighted by atomic mass is 9.90. The van der Waals surface area contributed by atoms with Gasteiger partial charge in [-0.25, -0.2) is 0 Å². The minimum atomic E-state index is 0.120. The summed E-state index contributed by atoms with van der Waals surface area (Å²) in [4.78, 5) is 4.48. The topological polar surface area (TPSA) is 12.4 Å². The molecule has 0 aliphatic heterocycles. The van der Waals surface area contributed by atoms with E-state index in [0.717, 1.165) is 12.1 Å². The Labute approximate surface area is 112 Å². The van der Waals surface area contributed by atoms with Crippen LogP contribution in [0, 0.1) is 11.3 Å². The minimum absolute atomic E-state index is 0.120. The number of aliphatic imine (C=N–C) groups is 1. The standard InChI is InChI=1S/C17H25N/c1-13(2)12-14(3)16(18-6)15-8-7-10-17(4,5)11-9-15/h7-11,14H,1,12H2,2-6H3. The Balaban J connectivity index is 2.95. The van der Waals surface area contributed by atoms with Gasteiger partial charge in [0, 0.05) is 24.1 Å². The molecule has 0 aromatic rings. The van der Waals surface area contributed by atoms with E-state index in [1.807, 2.05) is 7.05 Å². The third-order valence-corrected chi connectivity index (χ3v) is 3.15. The van der Waals surface area contributed by atoms with Crippen LogP contribution >= 0.6 is 0 Å². The average Bonchev–Trinajstić information content (AvgIpc) is 2.40. The molecule has 1 rings (SSSR count). The van der Waals surface area contributed by atoms with Crippen LogP contribution in [-0.2, 0) is 0 Å². The summed E-state index contributed by atoms with van der Waals surface area (Å²) in [6, 6.07) is 0. The Kier molecular flexibility index (Phi) is 4.89. The van der Waals surface area contributed by atoms with Crippen LogP contribution in [0.25, 0.3) is 0 Å². The molecule has 0 amide bonds. The van der Waals surface area contributed by atoms with E-state index in [2.05, 4.69) is 69.6 Å². The minimum Gasteiger partial charge on any atom is -0.292 e. The SMILES string of the molecule is C=C(C)CC(C)C(=NC)C1=CC=CC(C)(C)C=C1. The van der Waals surface area contributed by atoms with Crippen LogP contribution < -0.4 is 0 Å². The molecule has 0 saturated carbocycles. The second kappa shape index (κ2) is 5.99. The van der Waals surface area contributed by atoms with E-state index in [1.54, 1.807) is 0 Å². The Morgan fingerprint density at radius 3 is 2.61 bits per heavy atom. The van der Waals surface area contributed by atoms with Crippen molar-refractivity contribution in [2.24, 2.45) is 16.3 Å². The lowest BCUT2D eigenvalue weighted by Crippen LogP contribution is -2.13. The van der Waals surface area contributed by atoms with E-state index in [4.69, 9.17) is 0 Å². The highest BCUT2D eigenvalue weighted by Crippen LogP contribution is 2.25. The zero-order chi connectivity index (χ0) is 13.8. The van der Waals surface area contributed by atoms with E-state index in [1.165, 1.54) is 11.1 Å². The van der Waals surface area contributed by atoms with Crippen LogP contribution in [0.1, 0.15) is 34.1 Å². The van der Waals surface area contributed by atoms with Gasteiger partial charge in [0.15, 0.2) is 0 Å². The van der Waals surface area contributed by atoms with Gasteiger partial charge in [-0.05, 0) is 18.9 Å².